The van der Waals surface area contributed by atoms with E-state index in [9.17, 15) is 14.4 Å². The van der Waals surface area contributed by atoms with Gasteiger partial charge in [0.05, 0.1) is 12.6 Å². The van der Waals surface area contributed by atoms with Gasteiger partial charge in [0, 0.05) is 16.9 Å². The molecule has 2 rings (SSSR count). The van der Waals surface area contributed by atoms with Gasteiger partial charge in [-0.05, 0) is 42.7 Å². The predicted octanol–water partition coefficient (Wildman–Crippen LogP) is 2.29. The van der Waals surface area contributed by atoms with Crippen LogP contribution in [0.1, 0.15) is 29.8 Å². The maximum atomic E-state index is 12.4. The molecule has 7 heteroatoms. The average Bonchev–Trinajstić information content (AvgIpc) is 2.67. The number of aryl methyl sites for hydroxylation is 1. The summed E-state index contributed by atoms with van der Waals surface area (Å²) in [5, 5.41) is 8.04. The van der Waals surface area contributed by atoms with Crippen LogP contribution in [0.25, 0.3) is 0 Å². The lowest BCUT2D eigenvalue weighted by Gasteiger charge is -2.15. The first-order chi connectivity index (χ1) is 13.3. The van der Waals surface area contributed by atoms with Crippen LogP contribution in [0.5, 0.6) is 0 Å². The smallest absolute Gasteiger partial charge is 0.255 e. The summed E-state index contributed by atoms with van der Waals surface area (Å²) in [6.07, 6.45) is 0. The third-order valence-electron chi connectivity index (χ3n) is 4.25. The van der Waals surface area contributed by atoms with E-state index in [0.717, 1.165) is 5.56 Å². The molecule has 0 aliphatic heterocycles. The van der Waals surface area contributed by atoms with Gasteiger partial charge in [-0.2, -0.15) is 0 Å². The molecule has 0 fully saturated rings. The second-order valence-electron chi connectivity index (χ2n) is 6.89. The third-order valence-corrected chi connectivity index (χ3v) is 4.25. The van der Waals surface area contributed by atoms with E-state index < -0.39 is 11.9 Å². The van der Waals surface area contributed by atoms with Crippen LogP contribution in [-0.2, 0) is 9.59 Å². The number of amides is 3. The quantitative estimate of drug-likeness (QED) is 0.588. The second kappa shape index (κ2) is 9.66. The zero-order valence-electron chi connectivity index (χ0n) is 16.3. The minimum absolute atomic E-state index is 0.0230. The molecule has 2 aromatic rings. The van der Waals surface area contributed by atoms with Crippen molar-refractivity contribution >= 4 is 29.1 Å². The molecule has 28 heavy (non-hydrogen) atoms. The van der Waals surface area contributed by atoms with E-state index in [4.69, 9.17) is 5.73 Å². The van der Waals surface area contributed by atoms with Gasteiger partial charge in [-0.15, -0.1) is 0 Å². The molecule has 0 aliphatic rings. The normalized spacial score (nSPS) is 11.6. The van der Waals surface area contributed by atoms with Gasteiger partial charge in [0.2, 0.25) is 11.8 Å². The standard InChI is InChI=1S/C21H26N4O3/c1-13(2)19(22)21(28)23-12-18(26)25-17-11-15(10-9-14(17)3)20(27)24-16-7-5-4-6-8-16/h4-11,13,19H,12,22H2,1-3H3,(H,23,28)(H,24,27)(H,25,26)/t19-/m0/s1. The highest BCUT2D eigenvalue weighted by Gasteiger charge is 2.18. The van der Waals surface area contributed by atoms with Crippen LogP contribution in [0.4, 0.5) is 11.4 Å². The Morgan fingerprint density at radius 3 is 2.32 bits per heavy atom. The largest absolute Gasteiger partial charge is 0.346 e. The SMILES string of the molecule is Cc1ccc(C(=O)Nc2ccccc2)cc1NC(=O)CNC(=O)[C@@H](N)C(C)C. The van der Waals surface area contributed by atoms with E-state index in [1.807, 2.05) is 39.0 Å². The molecule has 0 unspecified atom stereocenters. The Kier molecular flexibility index (Phi) is 7.28. The van der Waals surface area contributed by atoms with Crippen molar-refractivity contribution in [3.8, 4) is 0 Å². The van der Waals surface area contributed by atoms with Gasteiger partial charge in [-0.3, -0.25) is 14.4 Å². The van der Waals surface area contributed by atoms with Crippen LogP contribution in [0.3, 0.4) is 0 Å². The second-order valence-corrected chi connectivity index (χ2v) is 6.89. The Balaban J connectivity index is 2.00. The molecule has 0 saturated carbocycles. The number of benzene rings is 2. The number of rotatable bonds is 7. The van der Waals surface area contributed by atoms with E-state index in [1.54, 1.807) is 30.3 Å². The van der Waals surface area contributed by atoms with Gasteiger partial charge < -0.3 is 21.7 Å². The Hall–Kier alpha value is -3.19. The number of carbonyl (C=O) groups excluding carboxylic acids is 3. The van der Waals surface area contributed by atoms with Gasteiger partial charge >= 0.3 is 0 Å². The molecule has 0 bridgehead atoms. The molecule has 0 aromatic heterocycles. The van der Waals surface area contributed by atoms with Gasteiger partial charge in [-0.25, -0.2) is 0 Å². The minimum atomic E-state index is -0.667. The number of hydrogen-bond acceptors (Lipinski definition) is 4. The van der Waals surface area contributed by atoms with Crippen LogP contribution in [-0.4, -0.2) is 30.3 Å². The molecule has 1 atom stereocenters. The molecule has 2 aromatic carbocycles. The third kappa shape index (κ3) is 5.92. The highest BCUT2D eigenvalue weighted by Crippen LogP contribution is 2.18. The molecule has 0 heterocycles. The van der Waals surface area contributed by atoms with E-state index in [1.165, 1.54) is 0 Å². The van der Waals surface area contributed by atoms with Crippen LogP contribution in [0.2, 0.25) is 0 Å². The van der Waals surface area contributed by atoms with Gasteiger partial charge in [0.1, 0.15) is 0 Å². The summed E-state index contributed by atoms with van der Waals surface area (Å²) in [5.41, 5.74) is 8.16. The first-order valence-electron chi connectivity index (χ1n) is 9.08. The minimum Gasteiger partial charge on any atom is -0.346 e. The van der Waals surface area contributed by atoms with Crippen molar-refractivity contribution in [2.24, 2.45) is 11.7 Å². The fraction of sp³-hybridized carbons (Fsp3) is 0.286. The summed E-state index contributed by atoms with van der Waals surface area (Å²) < 4.78 is 0. The van der Waals surface area contributed by atoms with Crippen LogP contribution in [0.15, 0.2) is 48.5 Å². The number of carbonyl (C=O) groups is 3. The number of nitrogens with one attached hydrogen (secondary N) is 3. The fourth-order valence-electron chi connectivity index (χ4n) is 2.41. The van der Waals surface area contributed by atoms with Gasteiger partial charge in [-0.1, -0.05) is 38.1 Å². The Bertz CT molecular complexity index is 850. The molecule has 7 nitrogen and oxygen atoms in total. The fourth-order valence-corrected chi connectivity index (χ4v) is 2.41. The molecule has 0 saturated heterocycles. The molecular weight excluding hydrogens is 356 g/mol. The summed E-state index contributed by atoms with van der Waals surface area (Å²) >= 11 is 0. The zero-order valence-corrected chi connectivity index (χ0v) is 16.3. The zero-order chi connectivity index (χ0) is 20.7. The van der Waals surface area contributed by atoms with Crippen molar-refractivity contribution in [3.63, 3.8) is 0 Å². The summed E-state index contributed by atoms with van der Waals surface area (Å²) in [5.74, 6) is -1.08. The molecule has 148 valence electrons. The maximum Gasteiger partial charge on any atom is 0.255 e. The van der Waals surface area contributed by atoms with Crippen molar-refractivity contribution in [1.82, 2.24) is 5.32 Å². The molecular formula is C21H26N4O3. The van der Waals surface area contributed by atoms with Crippen LogP contribution < -0.4 is 21.7 Å². The van der Waals surface area contributed by atoms with E-state index in [-0.39, 0.29) is 24.3 Å². The Morgan fingerprint density at radius 2 is 1.68 bits per heavy atom. The monoisotopic (exact) mass is 382 g/mol. The lowest BCUT2D eigenvalue weighted by atomic mass is 10.1. The predicted molar refractivity (Wildman–Crippen MR) is 110 cm³/mol. The Morgan fingerprint density at radius 1 is 1.00 bits per heavy atom. The van der Waals surface area contributed by atoms with Gasteiger partial charge in [0.25, 0.3) is 5.91 Å². The summed E-state index contributed by atoms with van der Waals surface area (Å²) in [7, 11) is 0. The molecule has 3 amide bonds. The molecule has 5 N–H and O–H groups in total. The lowest BCUT2D eigenvalue weighted by molar-refractivity contribution is -0.125. The van der Waals surface area contributed by atoms with Crippen LogP contribution >= 0.6 is 0 Å². The topological polar surface area (TPSA) is 113 Å². The molecule has 0 radical (unpaired) electrons. The molecule has 0 spiro atoms. The van der Waals surface area contributed by atoms with Crippen molar-refractivity contribution < 1.29 is 14.4 Å². The van der Waals surface area contributed by atoms with Crippen LogP contribution in [0, 0.1) is 12.8 Å². The summed E-state index contributed by atoms with van der Waals surface area (Å²) in [6, 6.07) is 13.5. The highest BCUT2D eigenvalue weighted by molar-refractivity contribution is 6.05. The van der Waals surface area contributed by atoms with E-state index in [0.29, 0.717) is 16.9 Å². The Labute approximate surface area is 164 Å². The van der Waals surface area contributed by atoms with Gasteiger partial charge in [0.15, 0.2) is 0 Å². The van der Waals surface area contributed by atoms with E-state index >= 15 is 0 Å². The van der Waals surface area contributed by atoms with Crippen molar-refractivity contribution in [2.45, 2.75) is 26.8 Å². The first-order valence-corrected chi connectivity index (χ1v) is 9.08. The van der Waals surface area contributed by atoms with Crippen molar-refractivity contribution in [2.75, 3.05) is 17.2 Å². The van der Waals surface area contributed by atoms with E-state index in [2.05, 4.69) is 16.0 Å². The number of anilines is 2. The van der Waals surface area contributed by atoms with Crippen molar-refractivity contribution in [1.29, 1.82) is 0 Å². The summed E-state index contributed by atoms with van der Waals surface area (Å²) in [4.78, 5) is 36.4. The summed E-state index contributed by atoms with van der Waals surface area (Å²) in [6.45, 7) is 5.29. The average molecular weight is 382 g/mol. The maximum absolute atomic E-state index is 12.4. The van der Waals surface area contributed by atoms with Crippen molar-refractivity contribution in [3.05, 3.63) is 59.7 Å². The number of hydrogen-bond donors (Lipinski definition) is 4. The number of nitrogens with two attached hydrogens (primary N) is 1. The highest BCUT2D eigenvalue weighted by atomic mass is 16.2. The lowest BCUT2D eigenvalue weighted by Crippen LogP contribution is -2.46. The molecule has 0 aliphatic carbocycles. The first kappa shape index (κ1) is 21.1. The number of para-hydroxylation sites is 1.